The maximum Gasteiger partial charge on any atom is 0.341 e. The third-order valence-electron chi connectivity index (χ3n) is 2.70. The molecule has 0 fully saturated rings. The zero-order valence-corrected chi connectivity index (χ0v) is 12.5. The van der Waals surface area contributed by atoms with Gasteiger partial charge in [-0.2, -0.15) is 8.78 Å². The monoisotopic (exact) mass is 349 g/mol. The van der Waals surface area contributed by atoms with E-state index in [1.54, 1.807) is 0 Å². The van der Waals surface area contributed by atoms with Crippen LogP contribution in [-0.2, 0) is 9.84 Å². The lowest BCUT2D eigenvalue weighted by Crippen LogP contribution is -2.13. The number of hydrogen-bond acceptors (Lipinski definition) is 3. The summed E-state index contributed by atoms with van der Waals surface area (Å²) in [5.74, 6) is -4.35. The Bertz CT molecular complexity index is 787. The lowest BCUT2D eigenvalue weighted by molar-refractivity contribution is 0.234. The van der Waals surface area contributed by atoms with E-state index in [0.29, 0.717) is 0 Å². The molecule has 22 heavy (non-hydrogen) atoms. The van der Waals surface area contributed by atoms with E-state index in [2.05, 4.69) is 6.92 Å². The molecule has 0 aliphatic rings. The Kier molecular flexibility index (Phi) is 4.67. The van der Waals surface area contributed by atoms with Crippen LogP contribution in [0.15, 0.2) is 41.3 Å². The number of sulfone groups is 1. The fourth-order valence-electron chi connectivity index (χ4n) is 1.72. The van der Waals surface area contributed by atoms with E-state index in [1.807, 2.05) is 0 Å². The Morgan fingerprint density at radius 3 is 2.45 bits per heavy atom. The van der Waals surface area contributed by atoms with Crippen molar-refractivity contribution in [2.45, 2.75) is 10.7 Å². The summed E-state index contributed by atoms with van der Waals surface area (Å²) < 4.78 is 66.8. The van der Waals surface area contributed by atoms with Gasteiger partial charge in [0.25, 0.3) is 0 Å². The van der Waals surface area contributed by atoms with Gasteiger partial charge in [0.05, 0.1) is 4.90 Å². The van der Waals surface area contributed by atoms with Gasteiger partial charge >= 0.3 is 5.76 Å². The minimum atomic E-state index is -4.81. The molecule has 0 spiro atoms. The fraction of sp³-hybridized carbons (Fsp3) is 0.0714. The first-order valence-electron chi connectivity index (χ1n) is 5.83. The standard InChI is InChI=1S/C14H9ClF3O3S/c1-8-12(21-11-6-9(15)5-10(16)7-11)3-2-4-13(8)22(19,20)14(17)18/h2-7,14H,1H2. The minimum Gasteiger partial charge on any atom is -0.457 e. The van der Waals surface area contributed by atoms with Gasteiger partial charge < -0.3 is 4.74 Å². The number of rotatable bonds is 4. The predicted octanol–water partition coefficient (Wildman–Crippen LogP) is 4.45. The molecule has 0 aliphatic heterocycles. The fourth-order valence-corrected chi connectivity index (χ4v) is 2.83. The predicted molar refractivity (Wildman–Crippen MR) is 75.6 cm³/mol. The van der Waals surface area contributed by atoms with Crippen molar-refractivity contribution in [1.29, 1.82) is 0 Å². The average Bonchev–Trinajstić information content (AvgIpc) is 2.39. The summed E-state index contributed by atoms with van der Waals surface area (Å²) in [5.41, 5.74) is -0.247. The molecular formula is C14H9ClF3O3S. The maximum absolute atomic E-state index is 13.2. The van der Waals surface area contributed by atoms with Crippen LogP contribution in [0.2, 0.25) is 5.02 Å². The SMILES string of the molecule is [CH2]c1c(Oc2cc(F)cc(Cl)c2)cccc1S(=O)(=O)C(F)F. The molecule has 0 saturated carbocycles. The summed E-state index contributed by atoms with van der Waals surface area (Å²) in [6.07, 6.45) is 0. The van der Waals surface area contributed by atoms with Crippen LogP contribution >= 0.6 is 11.6 Å². The van der Waals surface area contributed by atoms with Crippen LogP contribution in [0.3, 0.4) is 0 Å². The van der Waals surface area contributed by atoms with E-state index in [-0.39, 0.29) is 22.1 Å². The Morgan fingerprint density at radius 1 is 1.18 bits per heavy atom. The van der Waals surface area contributed by atoms with Gasteiger partial charge in [-0.25, -0.2) is 12.8 Å². The topological polar surface area (TPSA) is 43.4 Å². The molecule has 0 heterocycles. The Balaban J connectivity index is 2.46. The molecule has 0 aliphatic carbocycles. The molecule has 3 nitrogen and oxygen atoms in total. The quantitative estimate of drug-likeness (QED) is 0.819. The Labute approximate surface area is 130 Å². The lowest BCUT2D eigenvalue weighted by Gasteiger charge is -2.12. The second-order valence-corrected chi connectivity index (χ2v) is 6.57. The van der Waals surface area contributed by atoms with Crippen molar-refractivity contribution < 1.29 is 26.3 Å². The molecule has 0 atom stereocenters. The number of hydrogen-bond donors (Lipinski definition) is 0. The third kappa shape index (κ3) is 3.36. The van der Waals surface area contributed by atoms with Crippen LogP contribution in [0.25, 0.3) is 0 Å². The summed E-state index contributed by atoms with van der Waals surface area (Å²) in [7, 11) is -4.81. The van der Waals surface area contributed by atoms with Gasteiger partial charge in [0.2, 0.25) is 9.84 Å². The summed E-state index contributed by atoms with van der Waals surface area (Å²) in [4.78, 5) is -0.650. The van der Waals surface area contributed by atoms with Crippen molar-refractivity contribution in [3.05, 3.63) is 59.7 Å². The molecule has 2 rings (SSSR count). The van der Waals surface area contributed by atoms with Crippen LogP contribution < -0.4 is 4.74 Å². The van der Waals surface area contributed by atoms with Crippen molar-refractivity contribution in [2.24, 2.45) is 0 Å². The number of ether oxygens (including phenoxy) is 1. The van der Waals surface area contributed by atoms with Crippen LogP contribution in [0.4, 0.5) is 13.2 Å². The summed E-state index contributed by atoms with van der Waals surface area (Å²) in [5, 5.41) is 0.0666. The van der Waals surface area contributed by atoms with Gasteiger partial charge in [-0.1, -0.05) is 17.7 Å². The molecule has 1 radical (unpaired) electrons. The number of halogens is 4. The largest absolute Gasteiger partial charge is 0.457 e. The molecule has 2 aromatic rings. The second kappa shape index (κ2) is 6.18. The first-order valence-corrected chi connectivity index (χ1v) is 7.75. The third-order valence-corrected chi connectivity index (χ3v) is 4.38. The van der Waals surface area contributed by atoms with Crippen molar-refractivity contribution >= 4 is 21.4 Å². The van der Waals surface area contributed by atoms with E-state index < -0.39 is 26.3 Å². The molecule has 0 aromatic heterocycles. The van der Waals surface area contributed by atoms with Crippen LogP contribution in [0, 0.1) is 12.7 Å². The Morgan fingerprint density at radius 2 is 1.86 bits per heavy atom. The first kappa shape index (κ1) is 16.6. The van der Waals surface area contributed by atoms with Crippen molar-refractivity contribution in [3.8, 4) is 11.5 Å². The molecule has 117 valence electrons. The zero-order valence-electron chi connectivity index (χ0n) is 10.9. The van der Waals surface area contributed by atoms with Crippen LogP contribution in [-0.4, -0.2) is 14.2 Å². The smallest absolute Gasteiger partial charge is 0.341 e. The highest BCUT2D eigenvalue weighted by Gasteiger charge is 2.29. The van der Waals surface area contributed by atoms with E-state index in [4.69, 9.17) is 16.3 Å². The highest BCUT2D eigenvalue weighted by atomic mass is 35.5. The molecule has 0 N–H and O–H groups in total. The highest BCUT2D eigenvalue weighted by molar-refractivity contribution is 7.91. The Hall–Kier alpha value is -1.73. The number of alkyl halides is 2. The lowest BCUT2D eigenvalue weighted by atomic mass is 10.2. The van der Waals surface area contributed by atoms with Gasteiger partial charge in [-0.3, -0.25) is 0 Å². The zero-order chi connectivity index (χ0) is 16.5. The van der Waals surface area contributed by atoms with E-state index in [1.165, 1.54) is 18.2 Å². The first-order chi connectivity index (χ1) is 10.2. The second-order valence-electron chi connectivity index (χ2n) is 4.25. The van der Waals surface area contributed by atoms with Crippen molar-refractivity contribution in [1.82, 2.24) is 0 Å². The maximum atomic E-state index is 13.2. The van der Waals surface area contributed by atoms with Crippen LogP contribution in [0.5, 0.6) is 11.5 Å². The molecule has 0 unspecified atom stereocenters. The van der Waals surface area contributed by atoms with Gasteiger partial charge in [0.1, 0.15) is 17.3 Å². The normalized spacial score (nSPS) is 11.7. The van der Waals surface area contributed by atoms with Crippen molar-refractivity contribution in [2.75, 3.05) is 0 Å². The van der Waals surface area contributed by atoms with E-state index >= 15 is 0 Å². The number of benzene rings is 2. The van der Waals surface area contributed by atoms with E-state index in [9.17, 15) is 21.6 Å². The molecular weight excluding hydrogens is 341 g/mol. The minimum absolute atomic E-state index is 0.0125. The van der Waals surface area contributed by atoms with Gasteiger partial charge in [-0.05, 0) is 31.2 Å². The summed E-state index contributed by atoms with van der Waals surface area (Å²) in [6.45, 7) is 3.45. The highest BCUT2D eigenvalue weighted by Crippen LogP contribution is 2.32. The summed E-state index contributed by atoms with van der Waals surface area (Å²) in [6, 6.07) is 6.90. The van der Waals surface area contributed by atoms with Gasteiger partial charge in [0, 0.05) is 16.7 Å². The van der Waals surface area contributed by atoms with E-state index in [0.717, 1.165) is 18.2 Å². The molecule has 0 bridgehead atoms. The van der Waals surface area contributed by atoms with Gasteiger partial charge in [-0.15, -0.1) is 0 Å². The van der Waals surface area contributed by atoms with Crippen LogP contribution in [0.1, 0.15) is 5.56 Å². The molecule has 2 aromatic carbocycles. The van der Waals surface area contributed by atoms with Gasteiger partial charge in [0.15, 0.2) is 0 Å². The van der Waals surface area contributed by atoms with Crippen molar-refractivity contribution in [3.63, 3.8) is 0 Å². The average molecular weight is 350 g/mol. The summed E-state index contributed by atoms with van der Waals surface area (Å²) >= 11 is 5.67. The molecule has 8 heteroatoms. The molecule has 0 amide bonds. The molecule has 0 saturated heterocycles.